The lowest BCUT2D eigenvalue weighted by Crippen LogP contribution is -2.24. The molecule has 2 N–H and O–H groups in total. The first kappa shape index (κ1) is 12.6. The zero-order chi connectivity index (χ0) is 12.1. The third kappa shape index (κ3) is 3.28. The van der Waals surface area contributed by atoms with E-state index in [0.29, 0.717) is 0 Å². The van der Waals surface area contributed by atoms with Crippen molar-refractivity contribution >= 4 is 21.4 Å². The lowest BCUT2D eigenvalue weighted by molar-refractivity contribution is 0.336. The summed E-state index contributed by atoms with van der Waals surface area (Å²) in [7, 11) is 2.17. The quantitative estimate of drug-likeness (QED) is 0.851. The molecule has 0 aliphatic carbocycles. The van der Waals surface area contributed by atoms with Crippen molar-refractivity contribution in [3.63, 3.8) is 0 Å². The SMILES string of the molecule is CN(CCCN)CCc1csc2ccccc12. The molecule has 0 bridgehead atoms. The monoisotopic (exact) mass is 248 g/mol. The van der Waals surface area contributed by atoms with Gasteiger partial charge in [-0.15, -0.1) is 11.3 Å². The van der Waals surface area contributed by atoms with Gasteiger partial charge in [0.1, 0.15) is 0 Å². The molecule has 0 saturated heterocycles. The maximum absolute atomic E-state index is 5.52. The molecule has 0 amide bonds. The topological polar surface area (TPSA) is 29.3 Å². The van der Waals surface area contributed by atoms with E-state index in [4.69, 9.17) is 5.73 Å². The van der Waals surface area contributed by atoms with E-state index in [1.807, 2.05) is 11.3 Å². The summed E-state index contributed by atoms with van der Waals surface area (Å²) in [6.45, 7) is 2.99. The minimum Gasteiger partial charge on any atom is -0.330 e. The van der Waals surface area contributed by atoms with Gasteiger partial charge in [-0.3, -0.25) is 0 Å². The molecule has 0 spiro atoms. The predicted molar refractivity (Wildman–Crippen MR) is 76.7 cm³/mol. The first-order valence-electron chi connectivity index (χ1n) is 6.15. The third-order valence-corrected chi connectivity index (χ3v) is 4.08. The number of thiophene rings is 1. The molecule has 2 nitrogen and oxygen atoms in total. The molecule has 0 aliphatic rings. The Morgan fingerprint density at radius 3 is 2.88 bits per heavy atom. The zero-order valence-corrected chi connectivity index (χ0v) is 11.2. The van der Waals surface area contributed by atoms with Crippen LogP contribution < -0.4 is 5.73 Å². The fourth-order valence-electron chi connectivity index (χ4n) is 2.01. The fourth-order valence-corrected chi connectivity index (χ4v) is 3.01. The Morgan fingerprint density at radius 2 is 2.06 bits per heavy atom. The van der Waals surface area contributed by atoms with E-state index < -0.39 is 0 Å². The summed E-state index contributed by atoms with van der Waals surface area (Å²) >= 11 is 1.84. The molecular formula is C14H20N2S. The predicted octanol–water partition coefficient (Wildman–Crippen LogP) is 2.72. The minimum absolute atomic E-state index is 0.783. The van der Waals surface area contributed by atoms with Crippen LogP contribution in [0.25, 0.3) is 10.1 Å². The lowest BCUT2D eigenvalue weighted by atomic mass is 10.1. The van der Waals surface area contributed by atoms with Crippen molar-refractivity contribution in [3.8, 4) is 0 Å². The van der Waals surface area contributed by atoms with E-state index in [-0.39, 0.29) is 0 Å². The van der Waals surface area contributed by atoms with Crippen molar-refractivity contribution < 1.29 is 0 Å². The van der Waals surface area contributed by atoms with Gasteiger partial charge in [-0.1, -0.05) is 18.2 Å². The Bertz CT molecular complexity index is 464. The Hall–Kier alpha value is -0.900. The number of nitrogens with zero attached hydrogens (tertiary/aromatic N) is 1. The number of rotatable bonds is 6. The number of likely N-dealkylation sites (N-methyl/N-ethyl adjacent to an activating group) is 1. The summed E-state index contributed by atoms with van der Waals surface area (Å²) in [5.74, 6) is 0. The molecule has 92 valence electrons. The first-order chi connectivity index (χ1) is 8.31. The molecular weight excluding hydrogens is 228 g/mol. The van der Waals surface area contributed by atoms with Crippen molar-refractivity contribution in [2.24, 2.45) is 5.73 Å². The Balaban J connectivity index is 1.95. The van der Waals surface area contributed by atoms with Crippen LogP contribution in [-0.2, 0) is 6.42 Å². The van der Waals surface area contributed by atoms with Crippen LogP contribution in [0.3, 0.4) is 0 Å². The standard InChI is InChI=1S/C14H20N2S/c1-16(9-4-8-15)10-7-12-11-17-14-6-3-2-5-13(12)14/h2-3,5-6,11H,4,7-10,15H2,1H3. The van der Waals surface area contributed by atoms with Crippen LogP contribution >= 0.6 is 11.3 Å². The van der Waals surface area contributed by atoms with E-state index in [2.05, 4.69) is 41.6 Å². The van der Waals surface area contributed by atoms with Crippen molar-refractivity contribution in [1.29, 1.82) is 0 Å². The second kappa shape index (κ2) is 6.15. The normalized spacial score (nSPS) is 11.5. The van der Waals surface area contributed by atoms with Gasteiger partial charge in [0.2, 0.25) is 0 Å². The van der Waals surface area contributed by atoms with E-state index in [0.717, 1.165) is 32.5 Å². The Labute approximate surface area is 107 Å². The number of hydrogen-bond donors (Lipinski definition) is 1. The maximum Gasteiger partial charge on any atom is 0.0345 e. The van der Waals surface area contributed by atoms with Gasteiger partial charge in [0.25, 0.3) is 0 Å². The lowest BCUT2D eigenvalue weighted by Gasteiger charge is -2.15. The highest BCUT2D eigenvalue weighted by Gasteiger charge is 2.04. The Kier molecular flexibility index (Phi) is 4.54. The van der Waals surface area contributed by atoms with Crippen molar-refractivity contribution in [2.75, 3.05) is 26.7 Å². The second-order valence-corrected chi connectivity index (χ2v) is 5.36. The van der Waals surface area contributed by atoms with Crippen molar-refractivity contribution in [2.45, 2.75) is 12.8 Å². The van der Waals surface area contributed by atoms with Crippen molar-refractivity contribution in [1.82, 2.24) is 4.90 Å². The number of benzene rings is 1. The van der Waals surface area contributed by atoms with E-state index in [1.54, 1.807) is 0 Å². The zero-order valence-electron chi connectivity index (χ0n) is 10.4. The van der Waals surface area contributed by atoms with Gasteiger partial charge < -0.3 is 10.6 Å². The van der Waals surface area contributed by atoms with Gasteiger partial charge in [-0.2, -0.15) is 0 Å². The molecule has 0 atom stereocenters. The molecule has 0 aliphatic heterocycles. The van der Waals surface area contributed by atoms with Gasteiger partial charge in [0, 0.05) is 11.2 Å². The summed E-state index contributed by atoms with van der Waals surface area (Å²) < 4.78 is 1.40. The number of nitrogens with two attached hydrogens (primary N) is 1. The van der Waals surface area contributed by atoms with Crippen LogP contribution in [0.4, 0.5) is 0 Å². The van der Waals surface area contributed by atoms with Crippen LogP contribution in [0.5, 0.6) is 0 Å². The molecule has 1 aromatic carbocycles. The maximum atomic E-state index is 5.52. The molecule has 2 aromatic rings. The molecule has 1 heterocycles. The molecule has 0 fully saturated rings. The summed E-state index contributed by atoms with van der Waals surface area (Å²) in [6.07, 6.45) is 2.21. The third-order valence-electron chi connectivity index (χ3n) is 3.07. The smallest absolute Gasteiger partial charge is 0.0345 e. The number of fused-ring (bicyclic) bond motifs is 1. The van der Waals surface area contributed by atoms with Crippen molar-refractivity contribution in [3.05, 3.63) is 35.2 Å². The van der Waals surface area contributed by atoms with Gasteiger partial charge >= 0.3 is 0 Å². The molecule has 0 saturated carbocycles. The van der Waals surface area contributed by atoms with Gasteiger partial charge in [0.05, 0.1) is 0 Å². The average molecular weight is 248 g/mol. The van der Waals surface area contributed by atoms with E-state index >= 15 is 0 Å². The molecule has 0 unspecified atom stereocenters. The molecule has 1 aromatic heterocycles. The van der Waals surface area contributed by atoms with E-state index in [1.165, 1.54) is 15.6 Å². The van der Waals surface area contributed by atoms with Gasteiger partial charge in [-0.25, -0.2) is 0 Å². The van der Waals surface area contributed by atoms with Crippen LogP contribution in [0, 0.1) is 0 Å². The van der Waals surface area contributed by atoms with E-state index in [9.17, 15) is 0 Å². The summed E-state index contributed by atoms with van der Waals surface area (Å²) in [4.78, 5) is 2.36. The fraction of sp³-hybridized carbons (Fsp3) is 0.429. The van der Waals surface area contributed by atoms with Crippen LogP contribution in [0.15, 0.2) is 29.6 Å². The van der Waals surface area contributed by atoms with Crippen LogP contribution in [0.1, 0.15) is 12.0 Å². The highest BCUT2D eigenvalue weighted by molar-refractivity contribution is 7.17. The molecule has 3 heteroatoms. The summed E-state index contributed by atoms with van der Waals surface area (Å²) in [6, 6.07) is 8.65. The molecule has 2 rings (SSSR count). The van der Waals surface area contributed by atoms with Crippen LogP contribution in [0.2, 0.25) is 0 Å². The average Bonchev–Trinajstić information content (AvgIpc) is 2.77. The minimum atomic E-state index is 0.783. The Morgan fingerprint density at radius 1 is 1.24 bits per heavy atom. The van der Waals surface area contributed by atoms with Crippen LogP contribution in [-0.4, -0.2) is 31.6 Å². The molecule has 0 radical (unpaired) electrons. The molecule has 17 heavy (non-hydrogen) atoms. The summed E-state index contributed by atoms with van der Waals surface area (Å²) in [5, 5.41) is 3.71. The van der Waals surface area contributed by atoms with Gasteiger partial charge in [-0.05, 0) is 55.4 Å². The van der Waals surface area contributed by atoms with Gasteiger partial charge in [0.15, 0.2) is 0 Å². The highest BCUT2D eigenvalue weighted by atomic mass is 32.1. The first-order valence-corrected chi connectivity index (χ1v) is 7.03. The number of hydrogen-bond acceptors (Lipinski definition) is 3. The summed E-state index contributed by atoms with van der Waals surface area (Å²) in [5.41, 5.74) is 6.99. The second-order valence-electron chi connectivity index (χ2n) is 4.45. The largest absolute Gasteiger partial charge is 0.330 e. The highest BCUT2D eigenvalue weighted by Crippen LogP contribution is 2.25.